The van der Waals surface area contributed by atoms with Crippen molar-refractivity contribution in [2.75, 3.05) is 6.61 Å². The molecule has 2 rings (SSSR count). The van der Waals surface area contributed by atoms with Crippen LogP contribution in [-0.2, 0) is 10.2 Å². The zero-order chi connectivity index (χ0) is 13.4. The Hall–Kier alpha value is -1.57. The largest absolute Gasteiger partial charge is 0.478 e. The molecule has 1 heterocycles. The Morgan fingerprint density at radius 2 is 1.89 bits per heavy atom. The summed E-state index contributed by atoms with van der Waals surface area (Å²) in [4.78, 5) is 4.69. The smallest absolute Gasteiger partial charge is 0.194 e. The van der Waals surface area contributed by atoms with E-state index in [0.717, 1.165) is 11.5 Å². The van der Waals surface area contributed by atoms with Crippen LogP contribution in [0.4, 0.5) is 0 Å². The van der Waals surface area contributed by atoms with Gasteiger partial charge in [-0.1, -0.05) is 36.9 Å². The topological polar surface area (TPSA) is 21.6 Å². The molecule has 0 amide bonds. The highest BCUT2D eigenvalue weighted by Gasteiger charge is 2.36. The van der Waals surface area contributed by atoms with Gasteiger partial charge in [-0.3, -0.25) is 0 Å². The highest BCUT2D eigenvalue weighted by molar-refractivity contribution is 5.89. The number of hydrogen-bond acceptors (Lipinski definition) is 2. The van der Waals surface area contributed by atoms with Gasteiger partial charge in [-0.15, -0.1) is 0 Å². The summed E-state index contributed by atoms with van der Waals surface area (Å²) in [5.41, 5.74) is 2.05. The quantitative estimate of drug-likeness (QED) is 0.791. The molecule has 0 fully saturated rings. The summed E-state index contributed by atoms with van der Waals surface area (Å²) in [5.74, 6) is 0.832. The standard InChI is InChI=1S/C16H21NO/c1-6-12-7-9-13(10-8-12)16(4,5)14-17-15(2,3)11-18-14/h6-10H,1,11H2,2-5H3. The Kier molecular flexibility index (Phi) is 3.05. The second-order valence-electron chi connectivity index (χ2n) is 5.97. The van der Waals surface area contributed by atoms with Crippen molar-refractivity contribution in [3.8, 4) is 0 Å². The minimum absolute atomic E-state index is 0.104. The number of rotatable bonds is 3. The molecule has 0 saturated carbocycles. The molecule has 18 heavy (non-hydrogen) atoms. The van der Waals surface area contributed by atoms with Crippen LogP contribution in [0.1, 0.15) is 38.8 Å². The average molecular weight is 243 g/mol. The van der Waals surface area contributed by atoms with Crippen LogP contribution in [0.2, 0.25) is 0 Å². The molecule has 0 saturated heterocycles. The van der Waals surface area contributed by atoms with Gasteiger partial charge >= 0.3 is 0 Å². The van der Waals surface area contributed by atoms with Gasteiger partial charge in [0.25, 0.3) is 0 Å². The molecule has 0 aromatic heterocycles. The SMILES string of the molecule is C=Cc1ccc(C(C)(C)C2=NC(C)(C)CO2)cc1. The number of aliphatic imine (C=N–C) groups is 1. The molecule has 2 heteroatoms. The maximum Gasteiger partial charge on any atom is 0.194 e. The fourth-order valence-corrected chi connectivity index (χ4v) is 2.06. The number of ether oxygens (including phenoxy) is 1. The monoisotopic (exact) mass is 243 g/mol. The zero-order valence-corrected chi connectivity index (χ0v) is 11.7. The second-order valence-corrected chi connectivity index (χ2v) is 5.97. The first-order valence-electron chi connectivity index (χ1n) is 6.31. The Morgan fingerprint density at radius 1 is 1.28 bits per heavy atom. The molecule has 2 nitrogen and oxygen atoms in total. The maximum absolute atomic E-state index is 5.77. The molecule has 0 aliphatic carbocycles. The van der Waals surface area contributed by atoms with Crippen LogP contribution < -0.4 is 0 Å². The van der Waals surface area contributed by atoms with Gasteiger partial charge < -0.3 is 4.74 Å². The van der Waals surface area contributed by atoms with Crippen molar-refractivity contribution in [2.24, 2.45) is 4.99 Å². The minimum atomic E-state index is -0.187. The van der Waals surface area contributed by atoms with Crippen LogP contribution in [-0.4, -0.2) is 18.0 Å². The lowest BCUT2D eigenvalue weighted by Crippen LogP contribution is -2.29. The normalized spacial score (nSPS) is 18.1. The van der Waals surface area contributed by atoms with Crippen molar-refractivity contribution in [2.45, 2.75) is 38.6 Å². The van der Waals surface area contributed by atoms with E-state index in [1.165, 1.54) is 5.56 Å². The van der Waals surface area contributed by atoms with Crippen LogP contribution in [0.15, 0.2) is 35.8 Å². The van der Waals surface area contributed by atoms with E-state index in [1.54, 1.807) is 0 Å². The molecule has 96 valence electrons. The van der Waals surface area contributed by atoms with Crippen molar-refractivity contribution < 1.29 is 4.74 Å². The zero-order valence-electron chi connectivity index (χ0n) is 11.7. The second kappa shape index (κ2) is 4.27. The minimum Gasteiger partial charge on any atom is -0.478 e. The van der Waals surface area contributed by atoms with Gasteiger partial charge in [0, 0.05) is 0 Å². The van der Waals surface area contributed by atoms with Crippen molar-refractivity contribution in [3.05, 3.63) is 42.0 Å². The molecular formula is C16H21NO. The van der Waals surface area contributed by atoms with Gasteiger partial charge in [-0.2, -0.15) is 0 Å². The summed E-state index contributed by atoms with van der Waals surface area (Å²) in [7, 11) is 0. The molecule has 0 N–H and O–H groups in total. The van der Waals surface area contributed by atoms with Gasteiger partial charge in [0.2, 0.25) is 0 Å². The Balaban J connectivity index is 2.33. The van der Waals surface area contributed by atoms with E-state index in [-0.39, 0.29) is 11.0 Å². The van der Waals surface area contributed by atoms with Crippen LogP contribution in [0.25, 0.3) is 6.08 Å². The van der Waals surface area contributed by atoms with Gasteiger partial charge in [0.05, 0.1) is 11.0 Å². The summed E-state index contributed by atoms with van der Waals surface area (Å²) >= 11 is 0. The van der Waals surface area contributed by atoms with E-state index >= 15 is 0 Å². The third-order valence-electron chi connectivity index (χ3n) is 3.37. The molecule has 0 spiro atoms. The Bertz CT molecular complexity index is 480. The van der Waals surface area contributed by atoms with Crippen molar-refractivity contribution >= 4 is 12.0 Å². The number of nitrogens with zero attached hydrogens (tertiary/aromatic N) is 1. The van der Waals surface area contributed by atoms with Gasteiger partial charge in [0.1, 0.15) is 6.61 Å². The van der Waals surface area contributed by atoms with E-state index in [0.29, 0.717) is 6.61 Å². The number of benzene rings is 1. The van der Waals surface area contributed by atoms with Gasteiger partial charge in [0.15, 0.2) is 5.90 Å². The Morgan fingerprint density at radius 3 is 2.33 bits per heavy atom. The van der Waals surface area contributed by atoms with Crippen LogP contribution in [0.3, 0.4) is 0 Å². The van der Waals surface area contributed by atoms with Gasteiger partial charge in [-0.25, -0.2) is 4.99 Å². The van der Waals surface area contributed by atoms with Crippen LogP contribution in [0.5, 0.6) is 0 Å². The molecule has 1 aromatic carbocycles. The maximum atomic E-state index is 5.77. The highest BCUT2D eigenvalue weighted by atomic mass is 16.5. The molecule has 0 atom stereocenters. The molecular weight excluding hydrogens is 222 g/mol. The van der Waals surface area contributed by atoms with E-state index in [1.807, 2.05) is 6.08 Å². The van der Waals surface area contributed by atoms with Crippen molar-refractivity contribution in [1.82, 2.24) is 0 Å². The first-order valence-corrected chi connectivity index (χ1v) is 6.31. The molecule has 0 bridgehead atoms. The van der Waals surface area contributed by atoms with Gasteiger partial charge in [-0.05, 0) is 38.8 Å². The van der Waals surface area contributed by atoms with E-state index in [9.17, 15) is 0 Å². The predicted octanol–water partition coefficient (Wildman–Crippen LogP) is 3.81. The summed E-state index contributed by atoms with van der Waals surface area (Å²) in [5, 5.41) is 0. The summed E-state index contributed by atoms with van der Waals surface area (Å²) in [6, 6.07) is 8.39. The lowest BCUT2D eigenvalue weighted by atomic mass is 9.84. The number of hydrogen-bond donors (Lipinski definition) is 0. The van der Waals surface area contributed by atoms with Crippen molar-refractivity contribution in [1.29, 1.82) is 0 Å². The molecule has 1 aromatic rings. The summed E-state index contributed by atoms with van der Waals surface area (Å²) < 4.78 is 5.77. The van der Waals surface area contributed by atoms with Crippen LogP contribution in [0, 0.1) is 0 Å². The first kappa shape index (κ1) is 12.9. The molecule has 1 aliphatic heterocycles. The predicted molar refractivity (Wildman–Crippen MR) is 77.0 cm³/mol. The third-order valence-corrected chi connectivity index (χ3v) is 3.37. The first-order chi connectivity index (χ1) is 8.35. The lowest BCUT2D eigenvalue weighted by molar-refractivity contribution is 0.263. The molecule has 0 radical (unpaired) electrons. The summed E-state index contributed by atoms with van der Waals surface area (Å²) in [6.45, 7) is 12.9. The molecule has 1 aliphatic rings. The van der Waals surface area contributed by atoms with E-state index in [2.05, 4.69) is 63.5 Å². The van der Waals surface area contributed by atoms with E-state index < -0.39 is 0 Å². The Labute approximate surface area is 109 Å². The summed E-state index contributed by atoms with van der Waals surface area (Å²) in [6.07, 6.45) is 1.85. The average Bonchev–Trinajstić information content (AvgIpc) is 2.70. The highest BCUT2D eigenvalue weighted by Crippen LogP contribution is 2.31. The molecule has 0 unspecified atom stereocenters. The van der Waals surface area contributed by atoms with Crippen molar-refractivity contribution in [3.63, 3.8) is 0 Å². The fraction of sp³-hybridized carbons (Fsp3) is 0.438. The lowest BCUT2D eigenvalue weighted by Gasteiger charge is -2.24. The van der Waals surface area contributed by atoms with E-state index in [4.69, 9.17) is 4.74 Å². The third kappa shape index (κ3) is 2.33. The fourth-order valence-electron chi connectivity index (χ4n) is 2.06. The van der Waals surface area contributed by atoms with Crippen LogP contribution >= 0.6 is 0 Å².